The van der Waals surface area contributed by atoms with E-state index in [-0.39, 0.29) is 11.6 Å². The van der Waals surface area contributed by atoms with Crippen molar-refractivity contribution in [3.63, 3.8) is 0 Å². The molecule has 1 aromatic rings. The summed E-state index contributed by atoms with van der Waals surface area (Å²) in [6.07, 6.45) is 1.46. The van der Waals surface area contributed by atoms with Gasteiger partial charge in [-0.05, 0) is 23.6 Å². The molecule has 0 aliphatic rings. The Morgan fingerprint density at radius 3 is 2.73 bits per heavy atom. The van der Waals surface area contributed by atoms with Crippen molar-refractivity contribution in [1.82, 2.24) is 4.98 Å². The van der Waals surface area contributed by atoms with Crippen molar-refractivity contribution in [3.8, 4) is 6.07 Å². The van der Waals surface area contributed by atoms with Crippen LogP contribution in [0.3, 0.4) is 0 Å². The largest absolute Gasteiger partial charge is 0.481 e. The zero-order chi connectivity index (χ0) is 11.4. The van der Waals surface area contributed by atoms with Crippen molar-refractivity contribution in [2.24, 2.45) is 5.92 Å². The van der Waals surface area contributed by atoms with Gasteiger partial charge in [0.15, 0.2) is 0 Å². The van der Waals surface area contributed by atoms with Crippen LogP contribution in [-0.4, -0.2) is 16.1 Å². The van der Waals surface area contributed by atoms with Gasteiger partial charge in [-0.15, -0.1) is 0 Å². The number of hydrogen-bond donors (Lipinski definition) is 1. The van der Waals surface area contributed by atoms with E-state index in [9.17, 15) is 4.79 Å². The topological polar surface area (TPSA) is 74.0 Å². The van der Waals surface area contributed by atoms with Gasteiger partial charge in [-0.2, -0.15) is 5.26 Å². The fourth-order valence-corrected chi connectivity index (χ4v) is 1.51. The first-order valence-electron chi connectivity index (χ1n) is 4.65. The van der Waals surface area contributed by atoms with Crippen molar-refractivity contribution in [2.45, 2.75) is 19.8 Å². The number of hydrogen-bond acceptors (Lipinski definition) is 3. The van der Waals surface area contributed by atoms with E-state index in [0.29, 0.717) is 5.56 Å². The Hall–Kier alpha value is -1.89. The molecule has 1 N–H and O–H groups in total. The maximum atomic E-state index is 11.0. The number of aliphatic carboxylic acids is 1. The van der Waals surface area contributed by atoms with Gasteiger partial charge in [-0.1, -0.05) is 13.8 Å². The van der Waals surface area contributed by atoms with E-state index < -0.39 is 11.9 Å². The van der Waals surface area contributed by atoms with Gasteiger partial charge < -0.3 is 5.11 Å². The summed E-state index contributed by atoms with van der Waals surface area (Å²) in [4.78, 5) is 14.8. The van der Waals surface area contributed by atoms with Gasteiger partial charge in [0.1, 0.15) is 11.8 Å². The lowest BCUT2D eigenvalue weighted by Crippen LogP contribution is -2.17. The SMILES string of the molecule is CC(C)C(C(=O)O)c1ccnc(C#N)c1. The van der Waals surface area contributed by atoms with Crippen molar-refractivity contribution in [2.75, 3.05) is 0 Å². The molecule has 0 aliphatic carbocycles. The minimum absolute atomic E-state index is 0.0172. The molecule has 0 spiro atoms. The molecule has 0 fully saturated rings. The first kappa shape index (κ1) is 11.2. The Morgan fingerprint density at radius 1 is 1.60 bits per heavy atom. The zero-order valence-corrected chi connectivity index (χ0v) is 8.64. The minimum atomic E-state index is -0.875. The third-order valence-electron chi connectivity index (χ3n) is 2.19. The fraction of sp³-hybridized carbons (Fsp3) is 0.364. The quantitative estimate of drug-likeness (QED) is 0.814. The summed E-state index contributed by atoms with van der Waals surface area (Å²) in [6.45, 7) is 3.68. The molecule has 0 amide bonds. The van der Waals surface area contributed by atoms with Crippen molar-refractivity contribution in [3.05, 3.63) is 29.6 Å². The van der Waals surface area contributed by atoms with Crippen LogP contribution < -0.4 is 0 Å². The number of pyridine rings is 1. The average Bonchev–Trinajstić information content (AvgIpc) is 2.17. The highest BCUT2D eigenvalue weighted by Crippen LogP contribution is 2.24. The molecule has 78 valence electrons. The van der Waals surface area contributed by atoms with Crippen LogP contribution in [-0.2, 0) is 4.79 Å². The highest BCUT2D eigenvalue weighted by molar-refractivity contribution is 5.76. The zero-order valence-electron chi connectivity index (χ0n) is 8.64. The smallest absolute Gasteiger partial charge is 0.311 e. The number of carboxylic acid groups (broad SMARTS) is 1. The molecule has 1 unspecified atom stereocenters. The first-order chi connectivity index (χ1) is 7.06. The third kappa shape index (κ3) is 2.53. The molecule has 1 rings (SSSR count). The van der Waals surface area contributed by atoms with E-state index in [1.54, 1.807) is 6.07 Å². The standard InChI is InChI=1S/C11H12N2O2/c1-7(2)10(11(14)15)8-3-4-13-9(5-8)6-12/h3-5,7,10H,1-2H3,(H,14,15). The fourth-order valence-electron chi connectivity index (χ4n) is 1.51. The van der Waals surface area contributed by atoms with E-state index in [2.05, 4.69) is 4.98 Å². The van der Waals surface area contributed by atoms with Crippen LogP contribution in [0.5, 0.6) is 0 Å². The van der Waals surface area contributed by atoms with Crippen LogP contribution in [0.1, 0.15) is 31.0 Å². The van der Waals surface area contributed by atoms with Gasteiger partial charge in [-0.3, -0.25) is 4.79 Å². The van der Waals surface area contributed by atoms with Gasteiger partial charge in [-0.25, -0.2) is 4.98 Å². The molecule has 4 heteroatoms. The predicted octanol–water partition coefficient (Wildman–Crippen LogP) is 1.78. The lowest BCUT2D eigenvalue weighted by atomic mass is 9.89. The van der Waals surface area contributed by atoms with Crippen molar-refractivity contribution in [1.29, 1.82) is 5.26 Å². The van der Waals surface area contributed by atoms with Crippen LogP contribution in [0.25, 0.3) is 0 Å². The highest BCUT2D eigenvalue weighted by atomic mass is 16.4. The minimum Gasteiger partial charge on any atom is -0.481 e. The average molecular weight is 204 g/mol. The number of rotatable bonds is 3. The third-order valence-corrected chi connectivity index (χ3v) is 2.19. The Kier molecular flexibility index (Phi) is 3.40. The molecule has 4 nitrogen and oxygen atoms in total. The van der Waals surface area contributed by atoms with Crippen molar-refractivity contribution >= 4 is 5.97 Å². The van der Waals surface area contributed by atoms with Gasteiger partial charge in [0.05, 0.1) is 5.92 Å². The van der Waals surface area contributed by atoms with Crippen LogP contribution in [0.15, 0.2) is 18.3 Å². The molecule has 0 bridgehead atoms. The highest BCUT2D eigenvalue weighted by Gasteiger charge is 2.23. The molecular weight excluding hydrogens is 192 g/mol. The normalized spacial score (nSPS) is 12.1. The van der Waals surface area contributed by atoms with Crippen LogP contribution >= 0.6 is 0 Å². The van der Waals surface area contributed by atoms with Crippen LogP contribution in [0, 0.1) is 17.2 Å². The Labute approximate surface area is 88.2 Å². The predicted molar refractivity (Wildman–Crippen MR) is 54.2 cm³/mol. The van der Waals surface area contributed by atoms with Crippen LogP contribution in [0.2, 0.25) is 0 Å². The number of nitrogens with zero attached hydrogens (tertiary/aromatic N) is 2. The second-order valence-corrected chi connectivity index (χ2v) is 3.65. The lowest BCUT2D eigenvalue weighted by molar-refractivity contribution is -0.139. The molecule has 0 saturated carbocycles. The maximum absolute atomic E-state index is 11.0. The van der Waals surface area contributed by atoms with E-state index >= 15 is 0 Å². The number of carboxylic acids is 1. The van der Waals surface area contributed by atoms with Crippen LogP contribution in [0.4, 0.5) is 0 Å². The molecule has 1 heterocycles. The number of aromatic nitrogens is 1. The molecule has 0 radical (unpaired) electrons. The summed E-state index contributed by atoms with van der Waals surface area (Å²) < 4.78 is 0. The first-order valence-corrected chi connectivity index (χ1v) is 4.65. The van der Waals surface area contributed by atoms with Gasteiger partial charge in [0, 0.05) is 6.20 Å². The molecule has 0 aromatic carbocycles. The molecule has 1 aromatic heterocycles. The second-order valence-electron chi connectivity index (χ2n) is 3.65. The molecule has 0 aliphatic heterocycles. The summed E-state index contributed by atoms with van der Waals surface area (Å²) in [7, 11) is 0. The molecule has 0 saturated heterocycles. The summed E-state index contributed by atoms with van der Waals surface area (Å²) in [5.41, 5.74) is 0.878. The Bertz CT molecular complexity index is 407. The Morgan fingerprint density at radius 2 is 2.27 bits per heavy atom. The van der Waals surface area contributed by atoms with Gasteiger partial charge in [0.25, 0.3) is 0 Å². The molecular formula is C11H12N2O2. The summed E-state index contributed by atoms with van der Waals surface area (Å²) in [6, 6.07) is 5.06. The molecule has 1 atom stereocenters. The second kappa shape index (κ2) is 4.56. The van der Waals surface area contributed by atoms with E-state index in [1.807, 2.05) is 19.9 Å². The van der Waals surface area contributed by atoms with E-state index in [1.165, 1.54) is 12.3 Å². The summed E-state index contributed by atoms with van der Waals surface area (Å²) >= 11 is 0. The molecule has 15 heavy (non-hydrogen) atoms. The lowest BCUT2D eigenvalue weighted by Gasteiger charge is -2.16. The van der Waals surface area contributed by atoms with E-state index in [0.717, 1.165) is 0 Å². The van der Waals surface area contributed by atoms with Gasteiger partial charge >= 0.3 is 5.97 Å². The number of carbonyl (C=O) groups is 1. The summed E-state index contributed by atoms with van der Waals surface area (Å²) in [5.74, 6) is -1.48. The van der Waals surface area contributed by atoms with E-state index in [4.69, 9.17) is 10.4 Å². The monoisotopic (exact) mass is 204 g/mol. The number of nitriles is 1. The van der Waals surface area contributed by atoms with Crippen molar-refractivity contribution < 1.29 is 9.90 Å². The maximum Gasteiger partial charge on any atom is 0.311 e. The Balaban J connectivity index is 3.12. The summed E-state index contributed by atoms with van der Waals surface area (Å²) in [5, 5.41) is 17.7. The van der Waals surface area contributed by atoms with Gasteiger partial charge in [0.2, 0.25) is 0 Å².